The lowest BCUT2D eigenvalue weighted by Gasteiger charge is -2.31. The van der Waals surface area contributed by atoms with Gasteiger partial charge in [0.2, 0.25) is 0 Å². The summed E-state index contributed by atoms with van der Waals surface area (Å²) >= 11 is 8.02. The molecule has 2 aromatic heterocycles. The first-order valence-corrected chi connectivity index (χ1v) is 16.6. The second kappa shape index (κ2) is 14.7. The first kappa shape index (κ1) is 32.2. The van der Waals surface area contributed by atoms with Gasteiger partial charge in [0, 0.05) is 55.1 Å². The third-order valence-electron chi connectivity index (χ3n) is 8.19. The van der Waals surface area contributed by atoms with E-state index in [0.717, 1.165) is 54.3 Å². The smallest absolute Gasteiger partial charge is 0.354 e. The van der Waals surface area contributed by atoms with Crippen LogP contribution in [0.3, 0.4) is 0 Å². The Balaban J connectivity index is 1.31. The van der Waals surface area contributed by atoms with Crippen LogP contribution >= 0.6 is 23.4 Å². The predicted octanol–water partition coefficient (Wildman–Crippen LogP) is 6.35. The van der Waals surface area contributed by atoms with Gasteiger partial charge in [-0.1, -0.05) is 41.9 Å². The molecule has 5 N–H and O–H groups in total. The van der Waals surface area contributed by atoms with Crippen molar-refractivity contribution in [2.45, 2.75) is 70.0 Å². The number of rotatable bonds is 10. The molecule has 8 nitrogen and oxygen atoms in total. The normalized spacial score (nSPS) is 18.1. The number of amidine groups is 1. The van der Waals surface area contributed by atoms with Gasteiger partial charge in [-0.05, 0) is 86.9 Å². The summed E-state index contributed by atoms with van der Waals surface area (Å²) in [6.07, 6.45) is 8.75. The molecule has 234 valence electrons. The average molecular weight is 638 g/mol. The van der Waals surface area contributed by atoms with Gasteiger partial charge in [0.1, 0.15) is 5.65 Å². The Morgan fingerprint density at radius 2 is 2.07 bits per heavy atom. The van der Waals surface area contributed by atoms with Gasteiger partial charge in [-0.25, -0.2) is 9.18 Å². The van der Waals surface area contributed by atoms with Crippen LogP contribution in [0.4, 0.5) is 4.39 Å². The number of nitrogens with two attached hydrogens (primary N) is 1. The molecule has 0 aliphatic carbocycles. The highest BCUT2D eigenvalue weighted by atomic mass is 35.5. The highest BCUT2D eigenvalue weighted by Crippen LogP contribution is 2.32. The van der Waals surface area contributed by atoms with Crippen LogP contribution in [0.2, 0.25) is 5.02 Å². The fourth-order valence-electron chi connectivity index (χ4n) is 5.86. The van der Waals surface area contributed by atoms with Crippen LogP contribution in [0.25, 0.3) is 28.0 Å². The number of hydrogen-bond acceptors (Lipinski definition) is 6. The Morgan fingerprint density at radius 1 is 1.27 bits per heavy atom. The molecule has 3 atom stereocenters. The Labute approximate surface area is 267 Å². The maximum absolute atomic E-state index is 15.1. The number of H-pyrrole nitrogens is 1. The van der Waals surface area contributed by atoms with E-state index in [4.69, 9.17) is 17.3 Å². The number of fused-ring (bicyclic) bond motifs is 1. The molecule has 0 unspecified atom stereocenters. The molecular weight excluding hydrogens is 597 g/mol. The van der Waals surface area contributed by atoms with Crippen molar-refractivity contribution < 1.29 is 4.39 Å². The number of halogens is 2. The third kappa shape index (κ3) is 7.72. The summed E-state index contributed by atoms with van der Waals surface area (Å²) in [6.45, 7) is 1.97. The van der Waals surface area contributed by atoms with Gasteiger partial charge in [-0.3, -0.25) is 9.56 Å². The standard InChI is InChI=1S/C33H41ClFN7OS/c1-20(36)6-4-7-21-16-26(30(35)27(34)17-21)29-18-23-19-42(33(43)41-31(23)40-29)25-12-10-22(11-13-25)28-9-5-8-24(39-28)14-15-44-32(37-2)38-3/h10-13,16-20,24,28,39H,4-9,14-15,36H2,1-3H3,(H,37,38)(H,40,41,43)/t20-,24-,28-/m0/s1. The molecule has 0 bridgehead atoms. The van der Waals surface area contributed by atoms with Crippen molar-refractivity contribution in [1.29, 1.82) is 0 Å². The number of thioether (sulfide) groups is 1. The molecule has 2 aromatic carbocycles. The van der Waals surface area contributed by atoms with E-state index in [9.17, 15) is 4.79 Å². The quantitative estimate of drug-likeness (QED) is 0.119. The molecular formula is C33H41ClFN7OS. The molecule has 0 amide bonds. The summed E-state index contributed by atoms with van der Waals surface area (Å²) in [5.74, 6) is 0.504. The van der Waals surface area contributed by atoms with E-state index in [1.165, 1.54) is 23.0 Å². The van der Waals surface area contributed by atoms with Crippen molar-refractivity contribution in [2.75, 3.05) is 19.8 Å². The number of nitrogens with one attached hydrogen (secondary N) is 3. The molecule has 0 spiro atoms. The van der Waals surface area contributed by atoms with E-state index < -0.39 is 11.5 Å². The summed E-state index contributed by atoms with van der Waals surface area (Å²) in [7, 11) is 3.70. The number of nitrogens with zero attached hydrogens (tertiary/aromatic N) is 3. The van der Waals surface area contributed by atoms with E-state index in [1.54, 1.807) is 37.1 Å². The molecule has 4 aromatic rings. The summed E-state index contributed by atoms with van der Waals surface area (Å²) in [5.41, 5.74) is 9.62. The predicted molar refractivity (Wildman–Crippen MR) is 182 cm³/mol. The molecule has 1 saturated heterocycles. The van der Waals surface area contributed by atoms with E-state index in [1.807, 2.05) is 32.2 Å². The monoisotopic (exact) mass is 637 g/mol. The maximum Gasteiger partial charge on any atom is 0.354 e. The number of aromatic amines is 1. The minimum absolute atomic E-state index is 0.0659. The number of aromatic nitrogens is 3. The highest BCUT2D eigenvalue weighted by molar-refractivity contribution is 8.13. The van der Waals surface area contributed by atoms with Crippen molar-refractivity contribution in [2.24, 2.45) is 10.7 Å². The molecule has 1 aliphatic heterocycles. The van der Waals surface area contributed by atoms with Crippen molar-refractivity contribution in [3.63, 3.8) is 0 Å². The Morgan fingerprint density at radius 3 is 2.80 bits per heavy atom. The van der Waals surface area contributed by atoms with Crippen LogP contribution in [0.15, 0.2) is 58.4 Å². The summed E-state index contributed by atoms with van der Waals surface area (Å²) < 4.78 is 16.7. The molecule has 3 heterocycles. The topological polar surface area (TPSA) is 113 Å². The van der Waals surface area contributed by atoms with Gasteiger partial charge in [-0.15, -0.1) is 0 Å². The van der Waals surface area contributed by atoms with Gasteiger partial charge in [-0.2, -0.15) is 4.98 Å². The largest absolute Gasteiger partial charge is 0.368 e. The van der Waals surface area contributed by atoms with Crippen LogP contribution < -0.4 is 22.1 Å². The van der Waals surface area contributed by atoms with Gasteiger partial charge >= 0.3 is 5.69 Å². The first-order chi connectivity index (χ1) is 21.2. The second-order valence-corrected chi connectivity index (χ2v) is 13.0. The van der Waals surface area contributed by atoms with Crippen LogP contribution in [0.1, 0.15) is 62.6 Å². The van der Waals surface area contributed by atoms with Crippen LogP contribution in [-0.2, 0) is 6.42 Å². The zero-order chi connectivity index (χ0) is 31.2. The lowest BCUT2D eigenvalue weighted by atomic mass is 9.92. The Hall–Kier alpha value is -3.18. The Bertz CT molecular complexity index is 1670. The van der Waals surface area contributed by atoms with Crippen LogP contribution in [-0.4, -0.2) is 51.6 Å². The SMILES string of the molecule is C/N=C(\NC)SCC[C@@H]1CCC[C@@H](c2ccc(-n3cc4cc(-c5cc(CCC[C@H](C)N)cc(Cl)c5F)[nH]c4nc3=O)cc2)N1. The molecule has 0 radical (unpaired) electrons. The van der Waals surface area contributed by atoms with Crippen molar-refractivity contribution in [3.05, 3.63) is 81.1 Å². The van der Waals surface area contributed by atoms with Crippen molar-refractivity contribution in [3.8, 4) is 16.9 Å². The Kier molecular flexibility index (Phi) is 10.8. The highest BCUT2D eigenvalue weighted by Gasteiger charge is 2.22. The number of piperidine rings is 1. The zero-order valence-electron chi connectivity index (χ0n) is 25.5. The van der Waals surface area contributed by atoms with E-state index in [-0.39, 0.29) is 17.1 Å². The minimum atomic E-state index is -0.505. The number of benzene rings is 2. The van der Waals surface area contributed by atoms with Gasteiger partial charge in [0.25, 0.3) is 0 Å². The minimum Gasteiger partial charge on any atom is -0.368 e. The summed E-state index contributed by atoms with van der Waals surface area (Å²) in [4.78, 5) is 24.7. The molecule has 1 fully saturated rings. The van der Waals surface area contributed by atoms with Gasteiger partial charge in [0.05, 0.1) is 16.4 Å². The third-order valence-corrected chi connectivity index (χ3v) is 9.56. The molecule has 0 saturated carbocycles. The van der Waals surface area contributed by atoms with E-state index in [0.29, 0.717) is 28.3 Å². The number of aryl methyl sites for hydroxylation is 1. The summed E-state index contributed by atoms with van der Waals surface area (Å²) in [5, 5.41) is 8.66. The van der Waals surface area contributed by atoms with Crippen molar-refractivity contribution >= 4 is 39.6 Å². The average Bonchev–Trinajstić information content (AvgIpc) is 3.43. The zero-order valence-corrected chi connectivity index (χ0v) is 27.1. The van der Waals surface area contributed by atoms with Gasteiger partial charge in [0.15, 0.2) is 11.0 Å². The van der Waals surface area contributed by atoms with Crippen molar-refractivity contribution in [1.82, 2.24) is 25.2 Å². The molecule has 11 heteroatoms. The lowest BCUT2D eigenvalue weighted by Crippen LogP contribution is -2.37. The fourth-order valence-corrected chi connectivity index (χ4v) is 6.97. The molecule has 5 rings (SSSR count). The van der Waals surface area contributed by atoms with E-state index in [2.05, 4.69) is 37.7 Å². The molecule has 44 heavy (non-hydrogen) atoms. The fraction of sp³-hybridized carbons (Fsp3) is 0.424. The molecule has 1 aliphatic rings. The lowest BCUT2D eigenvalue weighted by molar-refractivity contribution is 0.320. The van der Waals surface area contributed by atoms with Crippen LogP contribution in [0.5, 0.6) is 0 Å². The number of aliphatic imine (C=N–C) groups is 1. The summed E-state index contributed by atoms with van der Waals surface area (Å²) in [6, 6.07) is 14.2. The van der Waals surface area contributed by atoms with E-state index >= 15 is 4.39 Å². The van der Waals surface area contributed by atoms with Crippen LogP contribution in [0, 0.1) is 5.82 Å². The second-order valence-electron chi connectivity index (χ2n) is 11.5. The van der Waals surface area contributed by atoms with Gasteiger partial charge < -0.3 is 21.4 Å². The maximum atomic E-state index is 15.1. The number of hydrogen-bond donors (Lipinski definition) is 4. The first-order valence-electron chi connectivity index (χ1n) is 15.3.